The van der Waals surface area contributed by atoms with E-state index in [4.69, 9.17) is 0 Å². The van der Waals surface area contributed by atoms with Crippen molar-refractivity contribution in [3.05, 3.63) is 63.6 Å². The van der Waals surface area contributed by atoms with Crippen molar-refractivity contribution in [3.63, 3.8) is 0 Å². The minimum Gasteiger partial charge on any atom is -0.377 e. The first-order valence-corrected chi connectivity index (χ1v) is 6.55. The number of aromatic amines is 1. The number of anilines is 1. The van der Waals surface area contributed by atoms with Crippen LogP contribution in [-0.4, -0.2) is 4.98 Å². The molecule has 1 aromatic heterocycles. The van der Waals surface area contributed by atoms with Crippen LogP contribution in [0.15, 0.2) is 41.3 Å². The van der Waals surface area contributed by atoms with Crippen molar-refractivity contribution in [1.29, 1.82) is 0 Å². The van der Waals surface area contributed by atoms with E-state index in [0.717, 1.165) is 5.69 Å². The normalized spacial score (nSPS) is 19.8. The van der Waals surface area contributed by atoms with Gasteiger partial charge in [-0.3, -0.25) is 4.79 Å². The molecule has 1 aliphatic rings. The topological polar surface area (TPSA) is 44.9 Å². The number of nitrogens with one attached hydrogen (secondary N) is 2. The van der Waals surface area contributed by atoms with E-state index in [1.165, 1.54) is 16.7 Å². The molecule has 1 aromatic carbocycles. The first-order valence-electron chi connectivity index (χ1n) is 6.55. The Bertz CT molecular complexity index is 685. The third-order valence-electron chi connectivity index (χ3n) is 4.14. The first-order chi connectivity index (χ1) is 9.00. The van der Waals surface area contributed by atoms with E-state index in [1.54, 1.807) is 6.07 Å². The number of hydrogen-bond acceptors (Lipinski definition) is 2. The lowest BCUT2D eigenvalue weighted by Crippen LogP contribution is -2.26. The van der Waals surface area contributed by atoms with E-state index >= 15 is 0 Å². The molecule has 0 amide bonds. The highest BCUT2D eigenvalue weighted by Gasteiger charge is 2.40. The van der Waals surface area contributed by atoms with Gasteiger partial charge in [0.1, 0.15) is 0 Å². The Kier molecular flexibility index (Phi) is 2.52. The number of pyridine rings is 1. The van der Waals surface area contributed by atoms with Crippen molar-refractivity contribution in [1.82, 2.24) is 4.98 Å². The zero-order valence-corrected chi connectivity index (χ0v) is 11.4. The predicted molar refractivity (Wildman–Crippen MR) is 77.6 cm³/mol. The fraction of sp³-hybridized carbons (Fsp3) is 0.312. The number of hydrogen-bond donors (Lipinski definition) is 2. The fourth-order valence-corrected chi connectivity index (χ4v) is 2.99. The van der Waals surface area contributed by atoms with Crippen LogP contribution in [0.3, 0.4) is 0 Å². The summed E-state index contributed by atoms with van der Waals surface area (Å²) in [6, 6.07) is 10.2. The van der Waals surface area contributed by atoms with Gasteiger partial charge in [-0.1, -0.05) is 38.1 Å². The van der Waals surface area contributed by atoms with Crippen LogP contribution in [0, 0.1) is 6.92 Å². The van der Waals surface area contributed by atoms with Crippen LogP contribution in [0.1, 0.15) is 36.6 Å². The van der Waals surface area contributed by atoms with Crippen molar-refractivity contribution in [3.8, 4) is 0 Å². The van der Waals surface area contributed by atoms with E-state index in [0.29, 0.717) is 0 Å². The molecule has 0 fully saturated rings. The summed E-state index contributed by atoms with van der Waals surface area (Å²) in [7, 11) is 0. The molecular formula is C16H18N2O. The van der Waals surface area contributed by atoms with Crippen LogP contribution in [0.25, 0.3) is 0 Å². The Morgan fingerprint density at radius 2 is 1.95 bits per heavy atom. The Morgan fingerprint density at radius 3 is 2.68 bits per heavy atom. The zero-order valence-electron chi connectivity index (χ0n) is 11.4. The molecule has 1 atom stereocenters. The second-order valence-electron chi connectivity index (χ2n) is 5.78. The summed E-state index contributed by atoms with van der Waals surface area (Å²) in [5, 5.41) is 3.50. The summed E-state index contributed by atoms with van der Waals surface area (Å²) >= 11 is 0. The van der Waals surface area contributed by atoms with Gasteiger partial charge >= 0.3 is 0 Å². The Hall–Kier alpha value is -2.03. The van der Waals surface area contributed by atoms with Gasteiger partial charge in [0.05, 0.1) is 6.04 Å². The number of aromatic nitrogens is 1. The molecule has 0 aliphatic carbocycles. The molecule has 1 unspecified atom stereocenters. The van der Waals surface area contributed by atoms with Gasteiger partial charge < -0.3 is 10.3 Å². The molecule has 3 rings (SSSR count). The average Bonchev–Trinajstić information content (AvgIpc) is 2.61. The molecule has 1 aliphatic heterocycles. The van der Waals surface area contributed by atoms with E-state index in [9.17, 15) is 4.79 Å². The minimum atomic E-state index is -0.0625. The van der Waals surface area contributed by atoms with Crippen molar-refractivity contribution < 1.29 is 0 Å². The molecule has 0 saturated heterocycles. The molecule has 2 heterocycles. The smallest absolute Gasteiger partial charge is 0.249 e. The highest BCUT2D eigenvalue weighted by Crippen LogP contribution is 2.47. The van der Waals surface area contributed by atoms with Crippen LogP contribution in [0.2, 0.25) is 0 Å². The molecule has 98 valence electrons. The van der Waals surface area contributed by atoms with Gasteiger partial charge in [0.25, 0.3) is 0 Å². The molecule has 0 bridgehead atoms. The summed E-state index contributed by atoms with van der Waals surface area (Å²) in [6.07, 6.45) is 1.84. The molecule has 3 nitrogen and oxygen atoms in total. The van der Waals surface area contributed by atoms with Crippen LogP contribution in [-0.2, 0) is 5.41 Å². The molecule has 0 radical (unpaired) electrons. The Morgan fingerprint density at radius 1 is 1.21 bits per heavy atom. The SMILES string of the molecule is Cc1ccccc1C1Nc2cc(=O)[nH]cc2C1(C)C. The highest BCUT2D eigenvalue weighted by atomic mass is 16.1. The quantitative estimate of drug-likeness (QED) is 0.821. The van der Waals surface area contributed by atoms with Crippen LogP contribution < -0.4 is 10.9 Å². The van der Waals surface area contributed by atoms with Gasteiger partial charge in [0.15, 0.2) is 0 Å². The Labute approximate surface area is 112 Å². The lowest BCUT2D eigenvalue weighted by atomic mass is 9.77. The summed E-state index contributed by atoms with van der Waals surface area (Å²) < 4.78 is 0. The zero-order chi connectivity index (χ0) is 13.6. The van der Waals surface area contributed by atoms with Gasteiger partial charge in [-0.25, -0.2) is 0 Å². The molecule has 3 heteroatoms. The fourth-order valence-electron chi connectivity index (χ4n) is 2.99. The van der Waals surface area contributed by atoms with Crippen LogP contribution >= 0.6 is 0 Å². The summed E-state index contributed by atoms with van der Waals surface area (Å²) in [5.41, 5.74) is 4.56. The number of aryl methyl sites for hydroxylation is 1. The summed E-state index contributed by atoms with van der Waals surface area (Å²) in [6.45, 7) is 6.55. The maximum Gasteiger partial charge on any atom is 0.249 e. The third kappa shape index (κ3) is 1.77. The highest BCUT2D eigenvalue weighted by molar-refractivity contribution is 5.62. The van der Waals surface area contributed by atoms with Crippen molar-refractivity contribution >= 4 is 5.69 Å². The summed E-state index contributed by atoms with van der Waals surface area (Å²) in [5.74, 6) is 0. The second-order valence-corrected chi connectivity index (χ2v) is 5.78. The molecule has 0 saturated carbocycles. The van der Waals surface area contributed by atoms with Crippen LogP contribution in [0.5, 0.6) is 0 Å². The molecular weight excluding hydrogens is 236 g/mol. The van der Waals surface area contributed by atoms with Crippen molar-refractivity contribution in [2.24, 2.45) is 0 Å². The van der Waals surface area contributed by atoms with Crippen molar-refractivity contribution in [2.45, 2.75) is 32.2 Å². The van der Waals surface area contributed by atoms with Gasteiger partial charge in [-0.05, 0) is 23.6 Å². The third-order valence-corrected chi connectivity index (χ3v) is 4.14. The second kappa shape index (κ2) is 3.98. The number of rotatable bonds is 1. The van der Waals surface area contributed by atoms with Gasteiger partial charge in [0, 0.05) is 23.4 Å². The molecule has 2 aromatic rings. The Balaban J connectivity index is 2.13. The van der Waals surface area contributed by atoms with E-state index in [1.807, 2.05) is 6.20 Å². The number of H-pyrrole nitrogens is 1. The van der Waals surface area contributed by atoms with Gasteiger partial charge in [-0.2, -0.15) is 0 Å². The van der Waals surface area contributed by atoms with Gasteiger partial charge in [-0.15, -0.1) is 0 Å². The monoisotopic (exact) mass is 254 g/mol. The number of fused-ring (bicyclic) bond motifs is 1. The lowest BCUT2D eigenvalue weighted by Gasteiger charge is -2.29. The maximum atomic E-state index is 11.5. The standard InChI is InChI=1S/C16H18N2O/c1-10-6-4-5-7-11(10)15-16(2,3)12-9-17-14(19)8-13(12)18-15/h4-9,15,18H,1-3H3,(H,17,19). The summed E-state index contributed by atoms with van der Waals surface area (Å²) in [4.78, 5) is 14.2. The first kappa shape index (κ1) is 12.0. The predicted octanol–water partition coefficient (Wildman–Crippen LogP) is 3.13. The molecule has 19 heavy (non-hydrogen) atoms. The van der Waals surface area contributed by atoms with Crippen LogP contribution in [0.4, 0.5) is 5.69 Å². The van der Waals surface area contributed by atoms with E-state index < -0.39 is 0 Å². The average molecular weight is 254 g/mol. The molecule has 2 N–H and O–H groups in total. The largest absolute Gasteiger partial charge is 0.377 e. The van der Waals surface area contributed by atoms with E-state index in [-0.39, 0.29) is 17.0 Å². The lowest BCUT2D eigenvalue weighted by molar-refractivity contribution is 0.471. The van der Waals surface area contributed by atoms with Crippen molar-refractivity contribution in [2.75, 3.05) is 5.32 Å². The number of benzene rings is 1. The van der Waals surface area contributed by atoms with E-state index in [2.05, 4.69) is 55.3 Å². The minimum absolute atomic E-state index is 0.0500. The maximum absolute atomic E-state index is 11.5. The molecule has 0 spiro atoms. The van der Waals surface area contributed by atoms with Gasteiger partial charge in [0.2, 0.25) is 5.56 Å².